The molecule has 0 atom stereocenters. The molecule has 0 saturated carbocycles. The molecule has 0 aliphatic rings. The maximum absolute atomic E-state index is 3.49. The number of nitrogens with one attached hydrogen (secondary N) is 1. The van der Waals surface area contributed by atoms with E-state index < -0.39 is 0 Å². The van der Waals surface area contributed by atoms with Crippen molar-refractivity contribution in [2.75, 3.05) is 32.0 Å². The van der Waals surface area contributed by atoms with Crippen LogP contribution in [0.4, 0.5) is 5.69 Å². The highest BCUT2D eigenvalue weighted by atomic mass is 15.1. The van der Waals surface area contributed by atoms with E-state index in [1.165, 1.54) is 11.3 Å². The zero-order chi connectivity index (χ0) is 12.9. The van der Waals surface area contributed by atoms with Gasteiger partial charge in [-0.1, -0.05) is 39.0 Å². The minimum atomic E-state index is 0.372. The molecule has 0 bridgehead atoms. The van der Waals surface area contributed by atoms with Crippen LogP contribution in [-0.2, 0) is 0 Å². The van der Waals surface area contributed by atoms with Gasteiger partial charge >= 0.3 is 0 Å². The number of likely N-dealkylation sites (N-methyl/N-ethyl adjacent to an activating group) is 1. The standard InChI is InChI=1S/C15H26N2/c1-13-8-6-7-9-14(13)16-10-11-17(5)12-15(2,3)4/h6-9,16H,10-12H2,1-5H3. The SMILES string of the molecule is Cc1ccccc1NCCN(C)CC(C)(C)C. The lowest BCUT2D eigenvalue weighted by atomic mass is 9.96. The molecule has 0 aliphatic carbocycles. The predicted molar refractivity (Wildman–Crippen MR) is 76.6 cm³/mol. The van der Waals surface area contributed by atoms with Gasteiger partial charge in [-0.25, -0.2) is 0 Å². The van der Waals surface area contributed by atoms with Crippen molar-refractivity contribution < 1.29 is 0 Å². The third-order valence-corrected chi connectivity index (χ3v) is 2.70. The lowest BCUT2D eigenvalue weighted by Crippen LogP contribution is -2.32. The number of hydrogen-bond acceptors (Lipinski definition) is 2. The fraction of sp³-hybridized carbons (Fsp3) is 0.600. The van der Waals surface area contributed by atoms with Crippen LogP contribution in [0.2, 0.25) is 0 Å². The largest absolute Gasteiger partial charge is 0.384 e. The number of rotatable bonds is 5. The third-order valence-electron chi connectivity index (χ3n) is 2.70. The Kier molecular flexibility index (Phi) is 5.01. The first-order chi connectivity index (χ1) is 7.88. The second-order valence-corrected chi connectivity index (χ2v) is 6.04. The van der Waals surface area contributed by atoms with E-state index in [0.29, 0.717) is 5.41 Å². The quantitative estimate of drug-likeness (QED) is 0.840. The maximum atomic E-state index is 3.49. The van der Waals surface area contributed by atoms with Crippen molar-refractivity contribution in [1.82, 2.24) is 4.90 Å². The lowest BCUT2D eigenvalue weighted by Gasteiger charge is -2.26. The van der Waals surface area contributed by atoms with Crippen molar-refractivity contribution in [3.05, 3.63) is 29.8 Å². The van der Waals surface area contributed by atoms with Gasteiger partial charge in [0, 0.05) is 25.3 Å². The van der Waals surface area contributed by atoms with Crippen LogP contribution in [0.1, 0.15) is 26.3 Å². The van der Waals surface area contributed by atoms with E-state index >= 15 is 0 Å². The van der Waals surface area contributed by atoms with Gasteiger partial charge < -0.3 is 10.2 Å². The Morgan fingerprint density at radius 1 is 1.18 bits per heavy atom. The molecule has 1 rings (SSSR count). The number of anilines is 1. The zero-order valence-corrected chi connectivity index (χ0v) is 11.9. The molecule has 0 spiro atoms. The van der Waals surface area contributed by atoms with Crippen LogP contribution in [0.15, 0.2) is 24.3 Å². The third kappa shape index (κ3) is 5.73. The van der Waals surface area contributed by atoms with Crippen molar-refractivity contribution in [2.24, 2.45) is 5.41 Å². The molecule has 0 saturated heterocycles. The molecule has 0 unspecified atom stereocenters. The van der Waals surface area contributed by atoms with E-state index in [4.69, 9.17) is 0 Å². The van der Waals surface area contributed by atoms with E-state index in [9.17, 15) is 0 Å². The van der Waals surface area contributed by atoms with Gasteiger partial charge in [0.05, 0.1) is 0 Å². The second kappa shape index (κ2) is 6.06. The molecule has 0 amide bonds. The van der Waals surface area contributed by atoms with Crippen LogP contribution in [0.3, 0.4) is 0 Å². The summed E-state index contributed by atoms with van der Waals surface area (Å²) in [6.07, 6.45) is 0. The molecule has 96 valence electrons. The average Bonchev–Trinajstić information content (AvgIpc) is 2.18. The van der Waals surface area contributed by atoms with Crippen LogP contribution >= 0.6 is 0 Å². The van der Waals surface area contributed by atoms with Crippen molar-refractivity contribution in [3.8, 4) is 0 Å². The number of hydrogen-bond donors (Lipinski definition) is 1. The van der Waals surface area contributed by atoms with Crippen molar-refractivity contribution in [1.29, 1.82) is 0 Å². The summed E-state index contributed by atoms with van der Waals surface area (Å²) in [6, 6.07) is 8.43. The normalized spacial score (nSPS) is 11.9. The summed E-state index contributed by atoms with van der Waals surface area (Å²) >= 11 is 0. The monoisotopic (exact) mass is 234 g/mol. The first-order valence-corrected chi connectivity index (χ1v) is 6.36. The number of para-hydroxylation sites is 1. The Morgan fingerprint density at radius 3 is 2.41 bits per heavy atom. The van der Waals surface area contributed by atoms with E-state index in [0.717, 1.165) is 19.6 Å². The Labute approximate surface area is 106 Å². The van der Waals surface area contributed by atoms with Gasteiger partial charge in [0.25, 0.3) is 0 Å². The molecule has 2 heteroatoms. The van der Waals surface area contributed by atoms with Gasteiger partial charge in [0.2, 0.25) is 0 Å². The van der Waals surface area contributed by atoms with Gasteiger partial charge in [-0.2, -0.15) is 0 Å². The molecular formula is C15H26N2. The van der Waals surface area contributed by atoms with Gasteiger partial charge in [-0.05, 0) is 31.0 Å². The Hall–Kier alpha value is -1.02. The Bertz CT molecular complexity index is 339. The first kappa shape index (κ1) is 14.0. The number of nitrogens with zero attached hydrogens (tertiary/aromatic N) is 1. The molecule has 0 fully saturated rings. The van der Waals surface area contributed by atoms with Crippen LogP contribution < -0.4 is 5.32 Å². The summed E-state index contributed by atoms with van der Waals surface area (Å²) in [6.45, 7) is 12.2. The molecule has 2 nitrogen and oxygen atoms in total. The van der Waals surface area contributed by atoms with Crippen LogP contribution in [0.25, 0.3) is 0 Å². The highest BCUT2D eigenvalue weighted by molar-refractivity contribution is 5.50. The summed E-state index contributed by atoms with van der Waals surface area (Å²) in [5, 5.41) is 3.49. The highest BCUT2D eigenvalue weighted by Crippen LogP contribution is 2.15. The first-order valence-electron chi connectivity index (χ1n) is 6.36. The van der Waals surface area contributed by atoms with Crippen molar-refractivity contribution in [3.63, 3.8) is 0 Å². The summed E-state index contributed by atoms with van der Waals surface area (Å²) in [5.74, 6) is 0. The van der Waals surface area contributed by atoms with Crippen LogP contribution in [-0.4, -0.2) is 31.6 Å². The fourth-order valence-electron chi connectivity index (χ4n) is 2.04. The molecule has 17 heavy (non-hydrogen) atoms. The van der Waals surface area contributed by atoms with E-state index in [1.807, 2.05) is 0 Å². The zero-order valence-electron chi connectivity index (χ0n) is 11.9. The van der Waals surface area contributed by atoms with Crippen LogP contribution in [0, 0.1) is 12.3 Å². The Balaban J connectivity index is 2.31. The topological polar surface area (TPSA) is 15.3 Å². The maximum Gasteiger partial charge on any atom is 0.0370 e. The average molecular weight is 234 g/mol. The molecule has 0 heterocycles. The van der Waals surface area contributed by atoms with Crippen molar-refractivity contribution in [2.45, 2.75) is 27.7 Å². The smallest absolute Gasteiger partial charge is 0.0370 e. The molecule has 0 radical (unpaired) electrons. The minimum absolute atomic E-state index is 0.372. The summed E-state index contributed by atoms with van der Waals surface area (Å²) in [5.41, 5.74) is 2.93. The minimum Gasteiger partial charge on any atom is -0.384 e. The van der Waals surface area contributed by atoms with Gasteiger partial charge in [0.1, 0.15) is 0 Å². The van der Waals surface area contributed by atoms with Crippen LogP contribution in [0.5, 0.6) is 0 Å². The molecule has 1 N–H and O–H groups in total. The van der Waals surface area contributed by atoms with Gasteiger partial charge in [-0.15, -0.1) is 0 Å². The molecular weight excluding hydrogens is 208 g/mol. The number of benzene rings is 1. The summed E-state index contributed by atoms with van der Waals surface area (Å²) in [7, 11) is 2.19. The summed E-state index contributed by atoms with van der Waals surface area (Å²) < 4.78 is 0. The lowest BCUT2D eigenvalue weighted by molar-refractivity contribution is 0.233. The second-order valence-electron chi connectivity index (χ2n) is 6.04. The molecule has 0 aromatic heterocycles. The highest BCUT2D eigenvalue weighted by Gasteiger charge is 2.12. The van der Waals surface area contributed by atoms with E-state index in [1.54, 1.807) is 0 Å². The fourth-order valence-corrected chi connectivity index (χ4v) is 2.04. The van der Waals surface area contributed by atoms with E-state index in [2.05, 4.69) is 69.2 Å². The van der Waals surface area contributed by atoms with Gasteiger partial charge in [-0.3, -0.25) is 0 Å². The molecule has 1 aromatic rings. The number of aryl methyl sites for hydroxylation is 1. The van der Waals surface area contributed by atoms with Crippen molar-refractivity contribution >= 4 is 5.69 Å². The summed E-state index contributed by atoms with van der Waals surface area (Å²) in [4.78, 5) is 2.38. The molecule has 0 aliphatic heterocycles. The Morgan fingerprint density at radius 2 is 1.82 bits per heavy atom. The van der Waals surface area contributed by atoms with E-state index in [-0.39, 0.29) is 0 Å². The van der Waals surface area contributed by atoms with Gasteiger partial charge in [0.15, 0.2) is 0 Å². The predicted octanol–water partition coefficient (Wildman–Crippen LogP) is 3.38. The molecule has 1 aromatic carbocycles.